The van der Waals surface area contributed by atoms with Crippen LogP contribution in [-0.2, 0) is 16.1 Å². The lowest BCUT2D eigenvalue weighted by atomic mass is 9.93. The molecule has 31 heavy (non-hydrogen) atoms. The number of hydrogen-bond donors (Lipinski definition) is 1. The molecule has 1 unspecified atom stereocenters. The monoisotopic (exact) mass is 524 g/mol. The summed E-state index contributed by atoms with van der Waals surface area (Å²) in [7, 11) is 0. The largest absolute Gasteiger partial charge is 0.507 e. The van der Waals surface area contributed by atoms with Gasteiger partial charge in [-0.15, -0.1) is 0 Å². The van der Waals surface area contributed by atoms with Crippen LogP contribution in [0.4, 0.5) is 0 Å². The molecule has 1 fully saturated rings. The smallest absolute Gasteiger partial charge is 0.295 e. The predicted molar refractivity (Wildman–Crippen MR) is 127 cm³/mol. The summed E-state index contributed by atoms with van der Waals surface area (Å²) in [5.41, 5.74) is 4.06. The van der Waals surface area contributed by atoms with Crippen molar-refractivity contribution in [2.75, 3.05) is 0 Å². The van der Waals surface area contributed by atoms with E-state index < -0.39 is 17.7 Å². The van der Waals surface area contributed by atoms with E-state index >= 15 is 0 Å². The first-order valence-electron chi connectivity index (χ1n) is 9.87. The molecule has 5 nitrogen and oxygen atoms in total. The van der Waals surface area contributed by atoms with Gasteiger partial charge in [-0.25, -0.2) is 0 Å². The topological polar surface area (TPSA) is 70.5 Å². The molecule has 1 aliphatic rings. The maximum atomic E-state index is 13.1. The summed E-state index contributed by atoms with van der Waals surface area (Å²) in [4.78, 5) is 31.8. The maximum Gasteiger partial charge on any atom is 0.295 e. The number of halogens is 1. The fourth-order valence-electron chi connectivity index (χ4n) is 3.86. The summed E-state index contributed by atoms with van der Waals surface area (Å²) < 4.78 is 1.04. The van der Waals surface area contributed by atoms with Gasteiger partial charge in [0, 0.05) is 28.1 Å². The standard InChI is InChI=1S/C25H21IN2O3/c1-15-5-6-16(2)20(12-15)23(29)21-22(18-7-9-19(26)10-8-18)28(25(31)24(21)30)14-17-4-3-11-27-13-17/h3-13,22,29H,14H2,1-2H3/b23-21+. The summed E-state index contributed by atoms with van der Waals surface area (Å²) in [5, 5.41) is 11.3. The number of rotatable bonds is 4. The molecule has 156 valence electrons. The third kappa shape index (κ3) is 4.12. The van der Waals surface area contributed by atoms with E-state index in [4.69, 9.17) is 0 Å². The van der Waals surface area contributed by atoms with Gasteiger partial charge in [0.15, 0.2) is 0 Å². The number of benzene rings is 2. The van der Waals surface area contributed by atoms with Gasteiger partial charge in [0.2, 0.25) is 0 Å². The molecule has 0 spiro atoms. The highest BCUT2D eigenvalue weighted by molar-refractivity contribution is 14.1. The van der Waals surface area contributed by atoms with Crippen molar-refractivity contribution in [1.29, 1.82) is 0 Å². The first-order valence-corrected chi connectivity index (χ1v) is 10.9. The number of ketones is 1. The van der Waals surface area contributed by atoms with E-state index in [2.05, 4.69) is 27.6 Å². The highest BCUT2D eigenvalue weighted by atomic mass is 127. The number of carbonyl (C=O) groups is 2. The SMILES string of the molecule is Cc1ccc(C)c(/C(O)=C2\C(=O)C(=O)N(Cc3cccnc3)C2c2ccc(I)cc2)c1. The lowest BCUT2D eigenvalue weighted by Crippen LogP contribution is -2.29. The Labute approximate surface area is 194 Å². The molecule has 4 rings (SSSR count). The van der Waals surface area contributed by atoms with Gasteiger partial charge >= 0.3 is 0 Å². The van der Waals surface area contributed by atoms with Crippen LogP contribution in [0.3, 0.4) is 0 Å². The van der Waals surface area contributed by atoms with Gasteiger partial charge < -0.3 is 10.0 Å². The van der Waals surface area contributed by atoms with Crippen LogP contribution >= 0.6 is 22.6 Å². The first-order chi connectivity index (χ1) is 14.9. The molecule has 0 radical (unpaired) electrons. The van der Waals surface area contributed by atoms with E-state index in [-0.39, 0.29) is 17.9 Å². The van der Waals surface area contributed by atoms with Crippen LogP contribution in [0.5, 0.6) is 0 Å². The zero-order valence-corrected chi connectivity index (χ0v) is 19.3. The molecular formula is C25H21IN2O3. The average Bonchev–Trinajstić information content (AvgIpc) is 3.01. The van der Waals surface area contributed by atoms with Gasteiger partial charge in [-0.1, -0.05) is 35.9 Å². The van der Waals surface area contributed by atoms with Crippen molar-refractivity contribution in [2.45, 2.75) is 26.4 Å². The predicted octanol–water partition coefficient (Wildman–Crippen LogP) is 4.92. The quantitative estimate of drug-likeness (QED) is 0.228. The number of nitrogens with zero attached hydrogens (tertiary/aromatic N) is 2. The third-order valence-corrected chi connectivity index (χ3v) is 6.17. The van der Waals surface area contributed by atoms with Gasteiger partial charge in [-0.3, -0.25) is 14.6 Å². The summed E-state index contributed by atoms with van der Waals surface area (Å²) in [6.07, 6.45) is 3.34. The Morgan fingerprint density at radius 2 is 1.84 bits per heavy atom. The van der Waals surface area contributed by atoms with Crippen molar-refractivity contribution < 1.29 is 14.7 Å². The highest BCUT2D eigenvalue weighted by Gasteiger charge is 2.46. The summed E-state index contributed by atoms with van der Waals surface area (Å²) in [5.74, 6) is -1.44. The van der Waals surface area contributed by atoms with Crippen LogP contribution in [-0.4, -0.2) is 26.7 Å². The van der Waals surface area contributed by atoms with Crippen molar-refractivity contribution in [3.63, 3.8) is 0 Å². The number of hydrogen-bond acceptors (Lipinski definition) is 4. The summed E-state index contributed by atoms with van der Waals surface area (Å²) >= 11 is 2.21. The number of pyridine rings is 1. The van der Waals surface area contributed by atoms with Crippen LogP contribution in [0.2, 0.25) is 0 Å². The Hall–Kier alpha value is -3.00. The Kier molecular flexibility index (Phi) is 5.91. The number of likely N-dealkylation sites (tertiary alicyclic amines) is 1. The molecule has 1 saturated heterocycles. The first kappa shape index (κ1) is 21.2. The van der Waals surface area contributed by atoms with Crippen LogP contribution in [0.15, 0.2) is 72.6 Å². The number of aliphatic hydroxyl groups excluding tert-OH is 1. The van der Waals surface area contributed by atoms with E-state index in [0.717, 1.165) is 25.8 Å². The minimum Gasteiger partial charge on any atom is -0.507 e. The minimum atomic E-state index is -0.683. The molecule has 2 heterocycles. The van der Waals surface area contributed by atoms with Crippen molar-refractivity contribution in [2.24, 2.45) is 0 Å². The summed E-state index contributed by atoms with van der Waals surface area (Å²) in [6, 6.07) is 16.3. The zero-order chi connectivity index (χ0) is 22.1. The lowest BCUT2D eigenvalue weighted by Gasteiger charge is -2.25. The average molecular weight is 524 g/mol. The van der Waals surface area contributed by atoms with Gasteiger partial charge in [0.25, 0.3) is 11.7 Å². The molecule has 6 heteroatoms. The molecule has 3 aromatic rings. The fourth-order valence-corrected chi connectivity index (χ4v) is 4.22. The van der Waals surface area contributed by atoms with Crippen molar-refractivity contribution in [1.82, 2.24) is 9.88 Å². The number of aryl methyl sites for hydroxylation is 2. The Bertz CT molecular complexity index is 1190. The molecular weight excluding hydrogens is 503 g/mol. The van der Waals surface area contributed by atoms with Crippen LogP contribution < -0.4 is 0 Å². The number of aliphatic hydroxyl groups is 1. The molecule has 1 aromatic heterocycles. The van der Waals surface area contributed by atoms with Crippen LogP contribution in [0, 0.1) is 17.4 Å². The molecule has 0 saturated carbocycles. The number of amides is 1. The van der Waals surface area contributed by atoms with E-state index in [1.807, 2.05) is 62.4 Å². The van der Waals surface area contributed by atoms with Gasteiger partial charge in [-0.05, 0) is 77.4 Å². The Balaban J connectivity index is 1.90. The highest BCUT2D eigenvalue weighted by Crippen LogP contribution is 2.40. The van der Waals surface area contributed by atoms with E-state index in [0.29, 0.717) is 5.56 Å². The molecule has 1 aliphatic heterocycles. The minimum absolute atomic E-state index is 0.115. The van der Waals surface area contributed by atoms with Gasteiger partial charge in [-0.2, -0.15) is 0 Å². The van der Waals surface area contributed by atoms with Crippen LogP contribution in [0.25, 0.3) is 5.76 Å². The molecule has 2 aromatic carbocycles. The lowest BCUT2D eigenvalue weighted by molar-refractivity contribution is -0.140. The van der Waals surface area contributed by atoms with Crippen molar-refractivity contribution in [3.05, 3.63) is 104 Å². The molecule has 1 N–H and O–H groups in total. The molecule has 0 aliphatic carbocycles. The van der Waals surface area contributed by atoms with Gasteiger partial charge in [0.05, 0.1) is 11.6 Å². The second kappa shape index (κ2) is 8.63. The Morgan fingerprint density at radius 1 is 1.10 bits per heavy atom. The second-order valence-electron chi connectivity index (χ2n) is 7.66. The number of carbonyl (C=O) groups excluding carboxylic acids is 2. The zero-order valence-electron chi connectivity index (χ0n) is 17.2. The normalized spacial score (nSPS) is 17.9. The summed E-state index contributed by atoms with van der Waals surface area (Å²) in [6.45, 7) is 4.02. The van der Waals surface area contributed by atoms with E-state index in [1.54, 1.807) is 18.5 Å². The maximum absolute atomic E-state index is 13.1. The van der Waals surface area contributed by atoms with E-state index in [1.165, 1.54) is 4.90 Å². The van der Waals surface area contributed by atoms with Crippen molar-refractivity contribution >= 4 is 40.0 Å². The number of Topliss-reactive ketones (excluding diaryl/α,β-unsaturated/α-hetero) is 1. The van der Waals surface area contributed by atoms with Crippen LogP contribution in [0.1, 0.15) is 33.9 Å². The van der Waals surface area contributed by atoms with E-state index in [9.17, 15) is 14.7 Å². The Morgan fingerprint density at radius 3 is 2.52 bits per heavy atom. The van der Waals surface area contributed by atoms with Crippen molar-refractivity contribution in [3.8, 4) is 0 Å². The molecule has 1 amide bonds. The molecule has 1 atom stereocenters. The number of aromatic nitrogens is 1. The second-order valence-corrected chi connectivity index (χ2v) is 8.90. The third-order valence-electron chi connectivity index (χ3n) is 5.45. The van der Waals surface area contributed by atoms with Gasteiger partial charge in [0.1, 0.15) is 5.76 Å². The molecule has 0 bridgehead atoms. The fraction of sp³-hybridized carbons (Fsp3) is 0.160.